The Morgan fingerprint density at radius 3 is 2.56 bits per heavy atom. The summed E-state index contributed by atoms with van der Waals surface area (Å²) in [7, 11) is 1.61. The van der Waals surface area contributed by atoms with E-state index in [4.69, 9.17) is 0 Å². The number of amides is 3. The van der Waals surface area contributed by atoms with Crippen molar-refractivity contribution in [1.29, 1.82) is 0 Å². The second-order valence-corrected chi connectivity index (χ2v) is 6.38. The Morgan fingerprint density at radius 2 is 1.85 bits per heavy atom. The van der Waals surface area contributed by atoms with Crippen molar-refractivity contribution >= 4 is 23.3 Å². The van der Waals surface area contributed by atoms with Crippen LogP contribution in [0.15, 0.2) is 65.9 Å². The Balaban J connectivity index is 1.75. The summed E-state index contributed by atoms with van der Waals surface area (Å²) in [6.45, 7) is 0.183. The molecule has 0 radical (unpaired) electrons. The van der Waals surface area contributed by atoms with Gasteiger partial charge in [-0.3, -0.25) is 19.8 Å². The van der Waals surface area contributed by atoms with Crippen molar-refractivity contribution < 1.29 is 14.5 Å². The van der Waals surface area contributed by atoms with Crippen LogP contribution < -0.4 is 10.2 Å². The Hall–Kier alpha value is -3.68. The first-order chi connectivity index (χ1) is 13.0. The topological polar surface area (TPSA) is 95.8 Å². The molecule has 0 saturated heterocycles. The molecule has 0 aliphatic carbocycles. The van der Waals surface area contributed by atoms with Crippen molar-refractivity contribution in [2.24, 2.45) is 0 Å². The van der Waals surface area contributed by atoms with Crippen LogP contribution in [0.5, 0.6) is 0 Å². The molecule has 2 aromatic carbocycles. The summed E-state index contributed by atoms with van der Waals surface area (Å²) < 4.78 is 0. The molecular formula is C19H16N4O4. The Morgan fingerprint density at radius 1 is 1.11 bits per heavy atom. The van der Waals surface area contributed by atoms with Crippen LogP contribution in [-0.2, 0) is 4.79 Å². The van der Waals surface area contributed by atoms with Gasteiger partial charge in [0, 0.05) is 19.2 Å². The van der Waals surface area contributed by atoms with Crippen LogP contribution in [0, 0.1) is 10.1 Å². The molecule has 2 aliphatic rings. The van der Waals surface area contributed by atoms with E-state index in [0.29, 0.717) is 17.0 Å². The molecule has 0 saturated carbocycles. The fraction of sp³-hybridized carbons (Fsp3) is 0.158. The predicted octanol–water partition coefficient (Wildman–Crippen LogP) is 2.59. The number of nitrogens with zero attached hydrogens (tertiary/aromatic N) is 3. The van der Waals surface area contributed by atoms with Crippen LogP contribution in [0.2, 0.25) is 0 Å². The van der Waals surface area contributed by atoms with Crippen molar-refractivity contribution in [3.05, 3.63) is 81.5 Å². The number of carbonyl (C=O) groups is 2. The van der Waals surface area contributed by atoms with Gasteiger partial charge < -0.3 is 10.2 Å². The Labute approximate surface area is 154 Å². The number of benzene rings is 2. The van der Waals surface area contributed by atoms with Crippen LogP contribution in [0.4, 0.5) is 16.2 Å². The van der Waals surface area contributed by atoms with Crippen molar-refractivity contribution in [2.45, 2.75) is 6.04 Å². The first-order valence-electron chi connectivity index (χ1n) is 8.36. The highest BCUT2D eigenvalue weighted by molar-refractivity contribution is 6.11. The van der Waals surface area contributed by atoms with E-state index >= 15 is 0 Å². The lowest BCUT2D eigenvalue weighted by Crippen LogP contribution is -2.45. The zero-order valence-electron chi connectivity index (χ0n) is 14.5. The van der Waals surface area contributed by atoms with Gasteiger partial charge in [0.1, 0.15) is 0 Å². The Kier molecular flexibility index (Phi) is 3.88. The van der Waals surface area contributed by atoms with Gasteiger partial charge in [0.2, 0.25) is 0 Å². The van der Waals surface area contributed by atoms with Crippen LogP contribution in [-0.4, -0.2) is 35.4 Å². The van der Waals surface area contributed by atoms with Gasteiger partial charge in [-0.15, -0.1) is 0 Å². The van der Waals surface area contributed by atoms with Crippen molar-refractivity contribution in [3.8, 4) is 0 Å². The summed E-state index contributed by atoms with van der Waals surface area (Å²) >= 11 is 0. The van der Waals surface area contributed by atoms with Gasteiger partial charge in [-0.05, 0) is 11.6 Å². The summed E-state index contributed by atoms with van der Waals surface area (Å²) in [5.74, 6) is -0.272. The van der Waals surface area contributed by atoms with Crippen LogP contribution in [0.1, 0.15) is 11.6 Å². The smallest absolute Gasteiger partial charge is 0.322 e. The molecule has 2 heterocycles. The number of hydrogen-bond acceptors (Lipinski definition) is 4. The molecule has 27 heavy (non-hydrogen) atoms. The third-order valence-electron chi connectivity index (χ3n) is 4.85. The fourth-order valence-electron chi connectivity index (χ4n) is 3.45. The van der Waals surface area contributed by atoms with E-state index < -0.39 is 11.0 Å². The van der Waals surface area contributed by atoms with E-state index in [2.05, 4.69) is 5.32 Å². The normalized spacial score (nSPS) is 19.2. The number of carbonyl (C=O) groups excluding carboxylic acids is 2. The summed E-state index contributed by atoms with van der Waals surface area (Å²) in [6, 6.07) is 14.3. The SMILES string of the molecule is CN1C(=O)NC(c2ccccc2)C2=C1CN(c1cccc([N+](=O)[O-])c1)C2=O. The van der Waals surface area contributed by atoms with Gasteiger partial charge in [-0.25, -0.2) is 4.79 Å². The minimum absolute atomic E-state index is 0.0904. The lowest BCUT2D eigenvalue weighted by molar-refractivity contribution is -0.384. The van der Waals surface area contributed by atoms with E-state index in [-0.39, 0.29) is 24.2 Å². The lowest BCUT2D eigenvalue weighted by Gasteiger charge is -2.31. The molecule has 136 valence electrons. The van der Waals surface area contributed by atoms with Gasteiger partial charge in [0.05, 0.1) is 34.5 Å². The third kappa shape index (κ3) is 2.71. The van der Waals surface area contributed by atoms with Crippen LogP contribution in [0.3, 0.4) is 0 Å². The number of urea groups is 1. The van der Waals surface area contributed by atoms with Crippen molar-refractivity contribution in [1.82, 2.24) is 10.2 Å². The number of hydrogen-bond donors (Lipinski definition) is 1. The maximum atomic E-state index is 13.2. The summed E-state index contributed by atoms with van der Waals surface area (Å²) in [6.07, 6.45) is 0. The number of nitro groups is 1. The first kappa shape index (κ1) is 16.8. The molecule has 8 heteroatoms. The molecule has 3 amide bonds. The van der Waals surface area contributed by atoms with Gasteiger partial charge in [-0.1, -0.05) is 36.4 Å². The summed E-state index contributed by atoms with van der Waals surface area (Å²) in [4.78, 5) is 39.0. The summed E-state index contributed by atoms with van der Waals surface area (Å²) in [5, 5.41) is 13.9. The number of likely N-dealkylation sites (N-methyl/N-ethyl adjacent to an activating group) is 1. The van der Waals surface area contributed by atoms with E-state index in [9.17, 15) is 19.7 Å². The zero-order chi connectivity index (χ0) is 19.1. The molecule has 2 aromatic rings. The quantitative estimate of drug-likeness (QED) is 0.669. The zero-order valence-corrected chi connectivity index (χ0v) is 14.5. The van der Waals surface area contributed by atoms with Crippen LogP contribution in [0.25, 0.3) is 0 Å². The molecule has 1 N–H and O–H groups in total. The van der Waals surface area contributed by atoms with E-state index in [1.165, 1.54) is 21.9 Å². The van der Waals surface area contributed by atoms with Crippen molar-refractivity contribution in [2.75, 3.05) is 18.5 Å². The molecular weight excluding hydrogens is 348 g/mol. The molecule has 1 atom stereocenters. The molecule has 0 fully saturated rings. The second-order valence-electron chi connectivity index (χ2n) is 6.38. The number of rotatable bonds is 3. The van der Waals surface area contributed by atoms with Crippen LogP contribution >= 0.6 is 0 Å². The lowest BCUT2D eigenvalue weighted by atomic mass is 9.96. The molecule has 0 bridgehead atoms. The fourth-order valence-corrected chi connectivity index (χ4v) is 3.45. The van der Waals surface area contributed by atoms with E-state index in [1.807, 2.05) is 30.3 Å². The average Bonchev–Trinajstić information content (AvgIpc) is 3.03. The summed E-state index contributed by atoms with van der Waals surface area (Å²) in [5.41, 5.74) is 2.23. The minimum Gasteiger partial charge on any atom is -0.327 e. The molecule has 4 rings (SSSR count). The van der Waals surface area contributed by atoms with Gasteiger partial charge >= 0.3 is 6.03 Å². The van der Waals surface area contributed by atoms with Gasteiger partial charge in [-0.2, -0.15) is 0 Å². The number of non-ortho nitro benzene ring substituents is 1. The number of anilines is 1. The average molecular weight is 364 g/mol. The van der Waals surface area contributed by atoms with E-state index in [0.717, 1.165) is 5.56 Å². The van der Waals surface area contributed by atoms with E-state index in [1.54, 1.807) is 19.2 Å². The maximum Gasteiger partial charge on any atom is 0.322 e. The number of nitrogens with one attached hydrogen (secondary N) is 1. The standard InChI is InChI=1S/C19H16N4O4/c1-21-15-11-22(13-8-5-9-14(10-13)23(26)27)18(24)16(15)17(20-19(21)25)12-6-3-2-4-7-12/h2-10,17H,11H2,1H3,(H,20,25). The minimum atomic E-state index is -0.555. The molecule has 1 unspecified atom stereocenters. The largest absolute Gasteiger partial charge is 0.327 e. The number of nitro benzene ring substituents is 1. The van der Waals surface area contributed by atoms with Gasteiger partial charge in [0.15, 0.2) is 0 Å². The predicted molar refractivity (Wildman–Crippen MR) is 98.0 cm³/mol. The monoisotopic (exact) mass is 364 g/mol. The first-order valence-corrected chi connectivity index (χ1v) is 8.36. The van der Waals surface area contributed by atoms with Crippen molar-refractivity contribution in [3.63, 3.8) is 0 Å². The van der Waals surface area contributed by atoms with Gasteiger partial charge in [0.25, 0.3) is 11.6 Å². The maximum absolute atomic E-state index is 13.2. The molecule has 2 aliphatic heterocycles. The highest BCUT2D eigenvalue weighted by atomic mass is 16.6. The second kappa shape index (κ2) is 6.24. The Bertz CT molecular complexity index is 986. The molecule has 0 spiro atoms. The highest BCUT2D eigenvalue weighted by Gasteiger charge is 2.43. The highest BCUT2D eigenvalue weighted by Crippen LogP contribution is 2.38. The molecule has 8 nitrogen and oxygen atoms in total. The third-order valence-corrected chi connectivity index (χ3v) is 4.85. The molecule has 0 aromatic heterocycles.